The van der Waals surface area contributed by atoms with E-state index < -0.39 is 0 Å². The predicted octanol–water partition coefficient (Wildman–Crippen LogP) is 2.77. The van der Waals surface area contributed by atoms with Crippen molar-refractivity contribution in [1.82, 2.24) is 5.32 Å². The van der Waals surface area contributed by atoms with Crippen molar-refractivity contribution in [2.24, 2.45) is 0 Å². The van der Waals surface area contributed by atoms with Crippen molar-refractivity contribution in [3.05, 3.63) is 46.5 Å². The van der Waals surface area contributed by atoms with Gasteiger partial charge in [-0.25, -0.2) is 0 Å². The summed E-state index contributed by atoms with van der Waals surface area (Å²) in [7, 11) is 1.94. The number of benzene rings is 1. The lowest BCUT2D eigenvalue weighted by Gasteiger charge is -2.06. The molecule has 0 saturated heterocycles. The molecule has 0 spiro atoms. The molecule has 13 heavy (non-hydrogen) atoms. The van der Waals surface area contributed by atoms with E-state index in [1.54, 1.807) is 0 Å². The highest BCUT2D eigenvalue weighted by Crippen LogP contribution is 2.18. The molecule has 2 heteroatoms. The van der Waals surface area contributed by atoms with E-state index in [0.717, 1.165) is 17.4 Å². The molecular weight excluding hydrogens is 226 g/mol. The van der Waals surface area contributed by atoms with Crippen molar-refractivity contribution in [3.8, 4) is 0 Å². The minimum Gasteiger partial charge on any atom is -0.316 e. The fourth-order valence-electron chi connectivity index (χ4n) is 1.22. The summed E-state index contributed by atoms with van der Waals surface area (Å²) in [5.74, 6) is 0. The molecule has 1 N–H and O–H groups in total. The third-order valence-electron chi connectivity index (χ3n) is 1.83. The number of rotatable bonds is 4. The van der Waals surface area contributed by atoms with Gasteiger partial charge in [-0.2, -0.15) is 0 Å². The second kappa shape index (κ2) is 5.20. The van der Waals surface area contributed by atoms with E-state index in [1.807, 2.05) is 19.2 Å². The molecule has 0 heterocycles. The normalized spacial score (nSPS) is 10.0. The van der Waals surface area contributed by atoms with Crippen LogP contribution in [0.3, 0.4) is 0 Å². The van der Waals surface area contributed by atoms with Crippen LogP contribution in [0.15, 0.2) is 40.9 Å². The first kappa shape index (κ1) is 10.5. The zero-order valence-electron chi connectivity index (χ0n) is 7.81. The smallest absolute Gasteiger partial charge is 0.0210 e. The number of hydrogen-bond donors (Lipinski definition) is 1. The van der Waals surface area contributed by atoms with Gasteiger partial charge in [0.15, 0.2) is 0 Å². The van der Waals surface area contributed by atoms with Crippen LogP contribution in [0, 0.1) is 0 Å². The van der Waals surface area contributed by atoms with E-state index in [9.17, 15) is 0 Å². The Labute approximate surface area is 88.0 Å². The van der Waals surface area contributed by atoms with E-state index in [4.69, 9.17) is 0 Å². The Kier molecular flexibility index (Phi) is 4.19. The minimum absolute atomic E-state index is 0.876. The molecule has 0 aliphatic heterocycles. The summed E-state index contributed by atoms with van der Waals surface area (Å²) in [6, 6.07) is 8.24. The SMILES string of the molecule is C=C(CNC)Cc1ccccc1Br. The lowest BCUT2D eigenvalue weighted by atomic mass is 10.1. The standard InChI is InChI=1S/C11H14BrN/c1-9(8-13-2)7-10-5-3-4-6-11(10)12/h3-6,13H,1,7-8H2,2H3. The topological polar surface area (TPSA) is 12.0 Å². The van der Waals surface area contributed by atoms with Gasteiger partial charge in [0.1, 0.15) is 0 Å². The van der Waals surface area contributed by atoms with Gasteiger partial charge >= 0.3 is 0 Å². The summed E-state index contributed by atoms with van der Waals surface area (Å²) >= 11 is 3.51. The molecule has 0 radical (unpaired) electrons. The molecule has 1 aromatic carbocycles. The average molecular weight is 240 g/mol. The molecule has 0 fully saturated rings. The Morgan fingerprint density at radius 3 is 2.77 bits per heavy atom. The Morgan fingerprint density at radius 1 is 1.46 bits per heavy atom. The van der Waals surface area contributed by atoms with Gasteiger partial charge in [0.2, 0.25) is 0 Å². The van der Waals surface area contributed by atoms with Gasteiger partial charge in [-0.05, 0) is 25.1 Å². The lowest BCUT2D eigenvalue weighted by molar-refractivity contribution is 0.857. The highest BCUT2D eigenvalue weighted by atomic mass is 79.9. The van der Waals surface area contributed by atoms with Gasteiger partial charge in [0.05, 0.1) is 0 Å². The van der Waals surface area contributed by atoms with Crippen molar-refractivity contribution in [1.29, 1.82) is 0 Å². The Balaban J connectivity index is 2.63. The van der Waals surface area contributed by atoms with E-state index in [2.05, 4.69) is 40.0 Å². The van der Waals surface area contributed by atoms with E-state index in [-0.39, 0.29) is 0 Å². The van der Waals surface area contributed by atoms with E-state index in [1.165, 1.54) is 11.1 Å². The number of halogens is 1. The summed E-state index contributed by atoms with van der Waals surface area (Å²) in [5.41, 5.74) is 2.50. The second-order valence-electron chi connectivity index (χ2n) is 3.05. The second-order valence-corrected chi connectivity index (χ2v) is 3.90. The maximum atomic E-state index is 4.00. The Hall–Kier alpha value is -0.600. The Bertz CT molecular complexity index is 294. The third-order valence-corrected chi connectivity index (χ3v) is 2.60. The summed E-state index contributed by atoms with van der Waals surface area (Å²) in [4.78, 5) is 0. The molecule has 0 bridgehead atoms. The summed E-state index contributed by atoms with van der Waals surface area (Å²) in [6.45, 7) is 4.87. The summed E-state index contributed by atoms with van der Waals surface area (Å²) in [6.07, 6.45) is 0.933. The average Bonchev–Trinajstić information content (AvgIpc) is 2.09. The quantitative estimate of drug-likeness (QED) is 0.798. The van der Waals surface area contributed by atoms with Crippen LogP contribution in [-0.2, 0) is 6.42 Å². The highest BCUT2D eigenvalue weighted by molar-refractivity contribution is 9.10. The fourth-order valence-corrected chi connectivity index (χ4v) is 1.65. The third kappa shape index (κ3) is 3.33. The molecular formula is C11H14BrN. The first-order valence-electron chi connectivity index (χ1n) is 4.28. The van der Waals surface area contributed by atoms with Crippen molar-refractivity contribution in [2.45, 2.75) is 6.42 Å². The van der Waals surface area contributed by atoms with Crippen molar-refractivity contribution >= 4 is 15.9 Å². The molecule has 1 rings (SSSR count). The lowest BCUT2D eigenvalue weighted by Crippen LogP contribution is -2.11. The maximum Gasteiger partial charge on any atom is 0.0210 e. The number of hydrogen-bond acceptors (Lipinski definition) is 1. The molecule has 0 aromatic heterocycles. The van der Waals surface area contributed by atoms with Crippen LogP contribution >= 0.6 is 15.9 Å². The summed E-state index contributed by atoms with van der Waals surface area (Å²) in [5, 5.41) is 3.09. The zero-order valence-corrected chi connectivity index (χ0v) is 9.39. The minimum atomic E-state index is 0.876. The van der Waals surface area contributed by atoms with E-state index in [0.29, 0.717) is 0 Å². The maximum absolute atomic E-state index is 4.00. The van der Waals surface area contributed by atoms with Crippen LogP contribution in [0.2, 0.25) is 0 Å². The summed E-state index contributed by atoms with van der Waals surface area (Å²) < 4.78 is 1.16. The van der Waals surface area contributed by atoms with Crippen LogP contribution in [0.25, 0.3) is 0 Å². The first-order chi connectivity index (χ1) is 6.24. The van der Waals surface area contributed by atoms with Gasteiger partial charge in [0.25, 0.3) is 0 Å². The highest BCUT2D eigenvalue weighted by Gasteiger charge is 1.99. The molecule has 70 valence electrons. The molecule has 1 nitrogen and oxygen atoms in total. The molecule has 0 unspecified atom stereocenters. The molecule has 1 aromatic rings. The first-order valence-corrected chi connectivity index (χ1v) is 5.08. The monoisotopic (exact) mass is 239 g/mol. The van der Waals surface area contributed by atoms with Crippen molar-refractivity contribution < 1.29 is 0 Å². The molecule has 0 saturated carbocycles. The van der Waals surface area contributed by atoms with Crippen molar-refractivity contribution in [3.63, 3.8) is 0 Å². The molecule has 0 atom stereocenters. The van der Waals surface area contributed by atoms with Crippen LogP contribution in [0.5, 0.6) is 0 Å². The molecule has 0 aliphatic rings. The van der Waals surface area contributed by atoms with Crippen LogP contribution < -0.4 is 5.32 Å². The number of likely N-dealkylation sites (N-methyl/N-ethyl adjacent to an activating group) is 1. The largest absolute Gasteiger partial charge is 0.316 e. The van der Waals surface area contributed by atoms with Crippen molar-refractivity contribution in [2.75, 3.05) is 13.6 Å². The van der Waals surface area contributed by atoms with Gasteiger partial charge < -0.3 is 5.32 Å². The van der Waals surface area contributed by atoms with Crippen LogP contribution in [0.4, 0.5) is 0 Å². The molecule has 0 aliphatic carbocycles. The van der Waals surface area contributed by atoms with Crippen LogP contribution in [-0.4, -0.2) is 13.6 Å². The zero-order chi connectivity index (χ0) is 9.68. The van der Waals surface area contributed by atoms with Gasteiger partial charge in [0, 0.05) is 11.0 Å². The van der Waals surface area contributed by atoms with E-state index >= 15 is 0 Å². The van der Waals surface area contributed by atoms with Gasteiger partial charge in [-0.1, -0.05) is 46.3 Å². The number of nitrogens with one attached hydrogen (secondary N) is 1. The Morgan fingerprint density at radius 2 is 2.15 bits per heavy atom. The fraction of sp³-hybridized carbons (Fsp3) is 0.273. The van der Waals surface area contributed by atoms with Gasteiger partial charge in [-0.15, -0.1) is 0 Å². The molecule has 0 amide bonds. The van der Waals surface area contributed by atoms with Gasteiger partial charge in [-0.3, -0.25) is 0 Å². The predicted molar refractivity (Wildman–Crippen MR) is 60.9 cm³/mol. The van der Waals surface area contributed by atoms with Crippen LogP contribution in [0.1, 0.15) is 5.56 Å².